The van der Waals surface area contributed by atoms with Crippen molar-refractivity contribution in [2.24, 2.45) is 5.92 Å². The van der Waals surface area contributed by atoms with Crippen molar-refractivity contribution in [3.05, 3.63) is 35.9 Å². The van der Waals surface area contributed by atoms with Crippen molar-refractivity contribution in [3.63, 3.8) is 0 Å². The standard InChI is InChI=1S/C21H31N3O4/c1-16(21(28)24-13-7-12-23(14-15-24)17(2)25)19(26)20(27)22-11-6-10-18-8-4-3-5-9-18/h3-5,8-9,16,19,26H,6-7,10-15H2,1-2H3,(H,22,27)/t16-,19?/m1/s1. The number of benzene rings is 1. The third kappa shape index (κ3) is 6.34. The largest absolute Gasteiger partial charge is 0.382 e. The van der Waals surface area contributed by atoms with Crippen LogP contribution in [0.4, 0.5) is 0 Å². The van der Waals surface area contributed by atoms with E-state index in [0.29, 0.717) is 39.1 Å². The molecule has 0 spiro atoms. The molecule has 0 saturated carbocycles. The molecule has 1 aliphatic heterocycles. The highest BCUT2D eigenvalue weighted by Gasteiger charge is 2.32. The lowest BCUT2D eigenvalue weighted by molar-refractivity contribution is -0.145. The van der Waals surface area contributed by atoms with Crippen LogP contribution in [-0.4, -0.2) is 71.5 Å². The molecule has 28 heavy (non-hydrogen) atoms. The molecule has 1 aromatic rings. The lowest BCUT2D eigenvalue weighted by Gasteiger charge is -2.26. The molecule has 154 valence electrons. The predicted molar refractivity (Wildman–Crippen MR) is 106 cm³/mol. The number of nitrogens with one attached hydrogen (secondary N) is 1. The van der Waals surface area contributed by atoms with E-state index in [1.54, 1.807) is 16.7 Å². The Kier molecular flexibility index (Phi) is 8.44. The molecular weight excluding hydrogens is 358 g/mol. The Balaban J connectivity index is 1.76. The molecule has 2 rings (SSSR count). The van der Waals surface area contributed by atoms with Gasteiger partial charge in [-0.15, -0.1) is 0 Å². The maximum absolute atomic E-state index is 12.7. The molecule has 3 amide bonds. The number of carbonyl (C=O) groups is 3. The maximum atomic E-state index is 12.7. The van der Waals surface area contributed by atoms with Crippen molar-refractivity contribution in [2.75, 3.05) is 32.7 Å². The second kappa shape index (κ2) is 10.8. The molecule has 1 fully saturated rings. The molecule has 1 unspecified atom stereocenters. The highest BCUT2D eigenvalue weighted by Crippen LogP contribution is 2.12. The van der Waals surface area contributed by atoms with Crippen LogP contribution in [0, 0.1) is 5.92 Å². The molecule has 1 aromatic carbocycles. The minimum atomic E-state index is -1.38. The van der Waals surface area contributed by atoms with E-state index < -0.39 is 17.9 Å². The van der Waals surface area contributed by atoms with Crippen LogP contribution in [-0.2, 0) is 20.8 Å². The zero-order valence-corrected chi connectivity index (χ0v) is 16.8. The topological polar surface area (TPSA) is 90.0 Å². The van der Waals surface area contributed by atoms with Gasteiger partial charge in [-0.05, 0) is 24.8 Å². The summed E-state index contributed by atoms with van der Waals surface area (Å²) in [6.07, 6.45) is 0.917. The van der Waals surface area contributed by atoms with Gasteiger partial charge in [-0.25, -0.2) is 0 Å². The summed E-state index contributed by atoms with van der Waals surface area (Å²) in [6, 6.07) is 9.98. The van der Waals surface area contributed by atoms with Crippen LogP contribution >= 0.6 is 0 Å². The zero-order valence-electron chi connectivity index (χ0n) is 16.8. The normalized spacial score (nSPS) is 16.8. The van der Waals surface area contributed by atoms with E-state index in [1.807, 2.05) is 30.3 Å². The minimum absolute atomic E-state index is 0.00253. The molecular formula is C21H31N3O4. The van der Waals surface area contributed by atoms with Gasteiger partial charge in [-0.2, -0.15) is 0 Å². The fourth-order valence-electron chi connectivity index (χ4n) is 3.36. The van der Waals surface area contributed by atoms with Gasteiger partial charge in [0.2, 0.25) is 17.7 Å². The summed E-state index contributed by atoms with van der Waals surface area (Å²) in [6.45, 7) is 5.60. The molecule has 2 atom stereocenters. The Labute approximate surface area is 166 Å². The molecule has 1 heterocycles. The van der Waals surface area contributed by atoms with Crippen molar-refractivity contribution in [1.29, 1.82) is 0 Å². The van der Waals surface area contributed by atoms with Crippen molar-refractivity contribution in [3.8, 4) is 0 Å². The first kappa shape index (κ1) is 21.9. The molecule has 0 bridgehead atoms. The van der Waals surface area contributed by atoms with Gasteiger partial charge in [-0.3, -0.25) is 14.4 Å². The summed E-state index contributed by atoms with van der Waals surface area (Å²) in [5.74, 6) is -1.60. The first-order valence-electron chi connectivity index (χ1n) is 9.94. The highest BCUT2D eigenvalue weighted by molar-refractivity contribution is 5.89. The number of hydrogen-bond acceptors (Lipinski definition) is 4. The summed E-state index contributed by atoms with van der Waals surface area (Å²) >= 11 is 0. The van der Waals surface area contributed by atoms with Gasteiger partial charge in [0.25, 0.3) is 0 Å². The van der Waals surface area contributed by atoms with Crippen molar-refractivity contribution in [1.82, 2.24) is 15.1 Å². The Bertz CT molecular complexity index is 665. The monoisotopic (exact) mass is 389 g/mol. The molecule has 1 aliphatic rings. The van der Waals surface area contributed by atoms with Gasteiger partial charge in [0.1, 0.15) is 6.10 Å². The minimum Gasteiger partial charge on any atom is -0.382 e. The van der Waals surface area contributed by atoms with E-state index >= 15 is 0 Å². The lowest BCUT2D eigenvalue weighted by atomic mass is 10.0. The summed E-state index contributed by atoms with van der Waals surface area (Å²) in [4.78, 5) is 39.7. The van der Waals surface area contributed by atoms with Crippen molar-refractivity contribution < 1.29 is 19.5 Å². The van der Waals surface area contributed by atoms with Crippen LogP contribution in [0.5, 0.6) is 0 Å². The molecule has 0 aromatic heterocycles. The highest BCUT2D eigenvalue weighted by atomic mass is 16.3. The van der Waals surface area contributed by atoms with Gasteiger partial charge >= 0.3 is 0 Å². The fourth-order valence-corrected chi connectivity index (χ4v) is 3.36. The smallest absolute Gasteiger partial charge is 0.249 e. The predicted octanol–water partition coefficient (Wildman–Crippen LogP) is 0.813. The molecule has 7 nitrogen and oxygen atoms in total. The fraction of sp³-hybridized carbons (Fsp3) is 0.571. The summed E-state index contributed by atoms with van der Waals surface area (Å²) in [5.41, 5.74) is 1.20. The van der Waals surface area contributed by atoms with Crippen LogP contribution < -0.4 is 5.32 Å². The molecule has 0 aliphatic carbocycles. The van der Waals surface area contributed by atoms with Crippen LogP contribution in [0.1, 0.15) is 32.3 Å². The Morgan fingerprint density at radius 1 is 1.07 bits per heavy atom. The summed E-state index contributed by atoms with van der Waals surface area (Å²) in [7, 11) is 0. The van der Waals surface area contributed by atoms with Crippen LogP contribution in [0.15, 0.2) is 30.3 Å². The third-order valence-corrected chi connectivity index (χ3v) is 5.17. The van der Waals surface area contributed by atoms with E-state index in [2.05, 4.69) is 5.32 Å². The third-order valence-electron chi connectivity index (χ3n) is 5.17. The number of carbonyl (C=O) groups excluding carboxylic acids is 3. The molecule has 7 heteroatoms. The van der Waals surface area contributed by atoms with E-state index in [-0.39, 0.29) is 11.8 Å². The van der Waals surface area contributed by atoms with Crippen molar-refractivity contribution >= 4 is 17.7 Å². The Morgan fingerprint density at radius 2 is 1.71 bits per heavy atom. The van der Waals surface area contributed by atoms with E-state index in [9.17, 15) is 19.5 Å². The first-order valence-corrected chi connectivity index (χ1v) is 9.94. The summed E-state index contributed by atoms with van der Waals surface area (Å²) < 4.78 is 0. The quantitative estimate of drug-likeness (QED) is 0.676. The van der Waals surface area contributed by atoms with E-state index in [4.69, 9.17) is 0 Å². The number of aliphatic hydroxyl groups is 1. The summed E-state index contributed by atoms with van der Waals surface area (Å²) in [5, 5.41) is 13.0. The second-order valence-corrected chi connectivity index (χ2v) is 7.30. The molecule has 0 radical (unpaired) electrons. The Hall–Kier alpha value is -2.41. The number of rotatable bonds is 7. The number of amides is 3. The second-order valence-electron chi connectivity index (χ2n) is 7.30. The number of aliphatic hydroxyl groups excluding tert-OH is 1. The van der Waals surface area contributed by atoms with Crippen LogP contribution in [0.3, 0.4) is 0 Å². The van der Waals surface area contributed by atoms with Crippen molar-refractivity contribution in [2.45, 2.75) is 39.2 Å². The van der Waals surface area contributed by atoms with E-state index in [0.717, 1.165) is 12.8 Å². The number of aryl methyl sites for hydroxylation is 1. The van der Waals surface area contributed by atoms with Crippen LogP contribution in [0.2, 0.25) is 0 Å². The van der Waals surface area contributed by atoms with Gasteiger partial charge in [0, 0.05) is 39.6 Å². The van der Waals surface area contributed by atoms with Crippen LogP contribution in [0.25, 0.3) is 0 Å². The molecule has 2 N–H and O–H groups in total. The SMILES string of the molecule is CC(=O)N1CCCN(C(=O)[C@H](C)C(O)C(=O)NCCCc2ccccc2)CC1. The maximum Gasteiger partial charge on any atom is 0.249 e. The number of hydrogen-bond donors (Lipinski definition) is 2. The lowest BCUT2D eigenvalue weighted by Crippen LogP contribution is -2.47. The average Bonchev–Trinajstić information content (AvgIpc) is 2.96. The van der Waals surface area contributed by atoms with Gasteiger partial charge in [-0.1, -0.05) is 37.3 Å². The first-order chi connectivity index (χ1) is 13.4. The van der Waals surface area contributed by atoms with Gasteiger partial charge in [0.05, 0.1) is 5.92 Å². The Morgan fingerprint density at radius 3 is 2.39 bits per heavy atom. The molecule has 1 saturated heterocycles. The zero-order chi connectivity index (χ0) is 20.5. The van der Waals surface area contributed by atoms with Gasteiger partial charge in [0.15, 0.2) is 0 Å². The van der Waals surface area contributed by atoms with Gasteiger partial charge < -0.3 is 20.2 Å². The van der Waals surface area contributed by atoms with E-state index in [1.165, 1.54) is 12.5 Å². The average molecular weight is 389 g/mol. The number of nitrogens with zero attached hydrogens (tertiary/aromatic N) is 2.